The van der Waals surface area contributed by atoms with E-state index < -0.39 is 12.5 Å². The molecular weight excluding hydrogens is 273 g/mol. The number of nitrogens with zero attached hydrogens (tertiary/aromatic N) is 2. The largest absolute Gasteiger partial charge is 0.369 e. The van der Waals surface area contributed by atoms with E-state index in [1.165, 1.54) is 0 Å². The number of rotatable bonds is 2. The maximum absolute atomic E-state index is 12.6. The van der Waals surface area contributed by atoms with E-state index in [0.29, 0.717) is 12.2 Å². The smallest absolute Gasteiger partial charge is 0.266 e. The van der Waals surface area contributed by atoms with Crippen LogP contribution in [0.25, 0.3) is 0 Å². The Morgan fingerprint density at radius 3 is 2.59 bits per heavy atom. The Morgan fingerprint density at radius 2 is 2.00 bits per heavy atom. The fourth-order valence-corrected chi connectivity index (χ4v) is 2.15. The molecular formula is C10H10Cl2F2N2O. The van der Waals surface area contributed by atoms with Gasteiger partial charge in [0, 0.05) is 18.8 Å². The lowest BCUT2D eigenvalue weighted by molar-refractivity contribution is -0.0614. The lowest BCUT2D eigenvalue weighted by atomic mass is 10.2. The van der Waals surface area contributed by atoms with E-state index in [2.05, 4.69) is 4.98 Å². The zero-order chi connectivity index (χ0) is 12.4. The van der Waals surface area contributed by atoms with Crippen LogP contribution in [0.4, 0.5) is 14.5 Å². The molecule has 7 heteroatoms. The fraction of sp³-hybridized carbons (Fsp3) is 0.500. The summed E-state index contributed by atoms with van der Waals surface area (Å²) in [4.78, 5) is 5.57. The standard InChI is InChI=1S/C10H10Cl2F2N2O/c11-8-3-6(4-9(12)15-8)16-1-2-17-7(5-16)10(13)14/h3-4,7,10H,1-2,5H2. The van der Waals surface area contributed by atoms with Crippen LogP contribution in [0.3, 0.4) is 0 Å². The average molecular weight is 283 g/mol. The van der Waals surface area contributed by atoms with E-state index >= 15 is 0 Å². The molecule has 1 aliphatic heterocycles. The highest BCUT2D eigenvalue weighted by Crippen LogP contribution is 2.25. The second-order valence-corrected chi connectivity index (χ2v) is 4.44. The molecule has 2 heterocycles. The number of morpholine rings is 1. The molecule has 1 aliphatic rings. The van der Waals surface area contributed by atoms with Crippen LogP contribution in [0.2, 0.25) is 10.3 Å². The molecule has 1 unspecified atom stereocenters. The summed E-state index contributed by atoms with van der Waals surface area (Å²) in [6, 6.07) is 3.20. The molecule has 0 N–H and O–H groups in total. The number of hydrogen-bond donors (Lipinski definition) is 0. The van der Waals surface area contributed by atoms with Gasteiger partial charge in [0.15, 0.2) is 0 Å². The van der Waals surface area contributed by atoms with E-state index in [1.54, 1.807) is 17.0 Å². The van der Waals surface area contributed by atoms with Gasteiger partial charge in [-0.25, -0.2) is 13.8 Å². The van der Waals surface area contributed by atoms with Gasteiger partial charge in [-0.2, -0.15) is 0 Å². The van der Waals surface area contributed by atoms with Crippen molar-refractivity contribution in [1.82, 2.24) is 4.98 Å². The van der Waals surface area contributed by atoms with Crippen LogP contribution in [-0.4, -0.2) is 37.2 Å². The first-order valence-electron chi connectivity index (χ1n) is 5.04. The number of ether oxygens (including phenoxy) is 1. The number of hydrogen-bond acceptors (Lipinski definition) is 3. The summed E-state index contributed by atoms with van der Waals surface area (Å²) in [6.07, 6.45) is -3.57. The van der Waals surface area contributed by atoms with Gasteiger partial charge in [-0.15, -0.1) is 0 Å². The van der Waals surface area contributed by atoms with Gasteiger partial charge in [-0.05, 0) is 12.1 Å². The van der Waals surface area contributed by atoms with Crippen molar-refractivity contribution in [3.63, 3.8) is 0 Å². The Kier molecular flexibility index (Phi) is 4.01. The van der Waals surface area contributed by atoms with Crippen molar-refractivity contribution in [1.29, 1.82) is 0 Å². The lowest BCUT2D eigenvalue weighted by Gasteiger charge is -2.34. The van der Waals surface area contributed by atoms with Crippen LogP contribution in [0, 0.1) is 0 Å². The third-order valence-corrected chi connectivity index (χ3v) is 2.87. The third kappa shape index (κ3) is 3.18. The van der Waals surface area contributed by atoms with Gasteiger partial charge < -0.3 is 9.64 Å². The van der Waals surface area contributed by atoms with Crippen LogP contribution in [-0.2, 0) is 4.74 Å². The number of anilines is 1. The first kappa shape index (κ1) is 12.8. The van der Waals surface area contributed by atoms with Gasteiger partial charge in [0.1, 0.15) is 16.4 Å². The maximum Gasteiger partial charge on any atom is 0.266 e. The maximum atomic E-state index is 12.6. The molecule has 1 aromatic rings. The highest BCUT2D eigenvalue weighted by molar-refractivity contribution is 6.32. The summed E-state index contributed by atoms with van der Waals surface area (Å²) in [5.74, 6) is 0. The van der Waals surface area contributed by atoms with Gasteiger partial charge in [0.25, 0.3) is 6.43 Å². The molecule has 0 saturated carbocycles. The van der Waals surface area contributed by atoms with E-state index in [-0.39, 0.29) is 23.5 Å². The lowest BCUT2D eigenvalue weighted by Crippen LogP contribution is -2.45. The summed E-state index contributed by atoms with van der Waals surface area (Å²) in [6.45, 7) is 0.904. The minimum atomic E-state index is -2.49. The fourth-order valence-electron chi connectivity index (χ4n) is 1.70. The average Bonchev–Trinajstić information content (AvgIpc) is 2.28. The highest BCUT2D eigenvalue weighted by atomic mass is 35.5. The molecule has 94 valence electrons. The van der Waals surface area contributed by atoms with Crippen molar-refractivity contribution >= 4 is 28.9 Å². The van der Waals surface area contributed by atoms with Gasteiger partial charge in [-0.3, -0.25) is 0 Å². The second-order valence-electron chi connectivity index (χ2n) is 3.66. The number of halogens is 4. The van der Waals surface area contributed by atoms with Gasteiger partial charge in [0.2, 0.25) is 0 Å². The SMILES string of the molecule is FC(F)C1CN(c2cc(Cl)nc(Cl)c2)CCO1. The number of pyridine rings is 1. The van der Waals surface area contributed by atoms with E-state index in [4.69, 9.17) is 27.9 Å². The van der Waals surface area contributed by atoms with Crippen molar-refractivity contribution in [3.05, 3.63) is 22.4 Å². The minimum absolute atomic E-state index is 0.119. The topological polar surface area (TPSA) is 25.4 Å². The molecule has 0 aliphatic carbocycles. The number of aromatic nitrogens is 1. The molecule has 0 radical (unpaired) electrons. The first-order chi connectivity index (χ1) is 8.06. The summed E-state index contributed by atoms with van der Waals surface area (Å²) in [5, 5.41) is 0.486. The summed E-state index contributed by atoms with van der Waals surface area (Å²) >= 11 is 11.5. The van der Waals surface area contributed by atoms with E-state index in [9.17, 15) is 8.78 Å². The van der Waals surface area contributed by atoms with Crippen molar-refractivity contribution < 1.29 is 13.5 Å². The van der Waals surface area contributed by atoms with Crippen LogP contribution < -0.4 is 4.90 Å². The van der Waals surface area contributed by atoms with Crippen LogP contribution in [0.1, 0.15) is 0 Å². The van der Waals surface area contributed by atoms with E-state index in [0.717, 1.165) is 0 Å². The molecule has 1 atom stereocenters. The molecule has 0 bridgehead atoms. The van der Waals surface area contributed by atoms with Crippen LogP contribution >= 0.6 is 23.2 Å². The second kappa shape index (κ2) is 5.33. The monoisotopic (exact) mass is 282 g/mol. The Labute approximate surface area is 107 Å². The predicted octanol–water partition coefficient (Wildman–Crippen LogP) is 2.86. The van der Waals surface area contributed by atoms with Gasteiger partial charge in [-0.1, -0.05) is 23.2 Å². The summed E-state index contributed by atoms with van der Waals surface area (Å²) in [5.41, 5.74) is 0.684. The van der Waals surface area contributed by atoms with Crippen molar-refractivity contribution in [2.75, 3.05) is 24.6 Å². The van der Waals surface area contributed by atoms with Crippen LogP contribution in [0.15, 0.2) is 12.1 Å². The molecule has 3 nitrogen and oxygen atoms in total. The molecule has 0 spiro atoms. The molecule has 1 fully saturated rings. The molecule has 1 aromatic heterocycles. The molecule has 17 heavy (non-hydrogen) atoms. The van der Waals surface area contributed by atoms with Gasteiger partial charge in [0.05, 0.1) is 6.61 Å². The summed E-state index contributed by atoms with van der Waals surface area (Å²) in [7, 11) is 0. The minimum Gasteiger partial charge on any atom is -0.369 e. The highest BCUT2D eigenvalue weighted by Gasteiger charge is 2.28. The van der Waals surface area contributed by atoms with Crippen molar-refractivity contribution in [2.24, 2.45) is 0 Å². The molecule has 1 saturated heterocycles. The summed E-state index contributed by atoms with van der Waals surface area (Å²) < 4.78 is 30.1. The van der Waals surface area contributed by atoms with E-state index in [1.807, 2.05) is 0 Å². The molecule has 2 rings (SSSR count). The zero-order valence-electron chi connectivity index (χ0n) is 8.75. The van der Waals surface area contributed by atoms with Gasteiger partial charge >= 0.3 is 0 Å². The quantitative estimate of drug-likeness (QED) is 0.780. The normalized spacial score (nSPS) is 21.0. The van der Waals surface area contributed by atoms with Crippen LogP contribution in [0.5, 0.6) is 0 Å². The molecule has 0 amide bonds. The molecule has 0 aromatic carbocycles. The zero-order valence-corrected chi connectivity index (χ0v) is 10.3. The first-order valence-corrected chi connectivity index (χ1v) is 5.79. The number of alkyl halides is 2. The van der Waals surface area contributed by atoms with Crippen molar-refractivity contribution in [2.45, 2.75) is 12.5 Å². The predicted molar refractivity (Wildman–Crippen MR) is 62.2 cm³/mol. The third-order valence-electron chi connectivity index (χ3n) is 2.49. The Balaban J connectivity index is 2.16. The Bertz CT molecular complexity index is 386. The Hall–Kier alpha value is -0.650. The Morgan fingerprint density at radius 1 is 1.35 bits per heavy atom. The van der Waals surface area contributed by atoms with Crippen molar-refractivity contribution in [3.8, 4) is 0 Å².